The van der Waals surface area contributed by atoms with Crippen LogP contribution in [0.25, 0.3) is 0 Å². The molecule has 0 spiro atoms. The number of rotatable bonds is 7. The number of nitrogens with zero attached hydrogens (tertiary/aromatic N) is 3. The zero-order valence-electron chi connectivity index (χ0n) is 24.0. The fourth-order valence-corrected chi connectivity index (χ4v) is 7.02. The van der Waals surface area contributed by atoms with Gasteiger partial charge in [-0.1, -0.05) is 42.8 Å². The number of carbonyl (C=O) groups is 5. The molecule has 2 saturated heterocycles. The largest absolute Gasteiger partial charge is 0.379 e. The van der Waals surface area contributed by atoms with Crippen molar-refractivity contribution in [2.75, 3.05) is 46.4 Å². The van der Waals surface area contributed by atoms with Gasteiger partial charge >= 0.3 is 6.03 Å². The second-order valence-electron chi connectivity index (χ2n) is 11.4. The molecule has 6 amide bonds. The lowest BCUT2D eigenvalue weighted by Gasteiger charge is -2.52. The molecule has 2 N–H and O–H groups in total. The molecule has 1 aliphatic carbocycles. The lowest BCUT2D eigenvalue weighted by molar-refractivity contribution is -0.150. The van der Waals surface area contributed by atoms with Gasteiger partial charge in [0.2, 0.25) is 17.7 Å². The number of likely N-dealkylation sites (tertiary alicyclic amines) is 1. The van der Waals surface area contributed by atoms with E-state index in [9.17, 15) is 24.0 Å². The summed E-state index contributed by atoms with van der Waals surface area (Å²) in [7, 11) is 1.46. The fourth-order valence-electron chi connectivity index (χ4n) is 7.02. The second kappa shape index (κ2) is 11.7. The summed E-state index contributed by atoms with van der Waals surface area (Å²) in [5, 5.41) is 5.80. The van der Waals surface area contributed by atoms with Crippen LogP contribution in [0.2, 0.25) is 0 Å². The van der Waals surface area contributed by atoms with Crippen LogP contribution < -0.4 is 10.6 Å². The number of hydrogen-bond donors (Lipinski definition) is 2. The Morgan fingerprint density at radius 1 is 1.05 bits per heavy atom. The summed E-state index contributed by atoms with van der Waals surface area (Å²) in [6.45, 7) is 7.18. The summed E-state index contributed by atoms with van der Waals surface area (Å²) in [4.78, 5) is 73.1. The van der Waals surface area contributed by atoms with Gasteiger partial charge in [0.1, 0.15) is 5.54 Å². The molecule has 220 valence electrons. The first-order chi connectivity index (χ1) is 19.7. The van der Waals surface area contributed by atoms with Gasteiger partial charge in [0.05, 0.1) is 25.0 Å². The Bertz CT molecular complexity index is 1260. The van der Waals surface area contributed by atoms with E-state index in [1.165, 1.54) is 7.05 Å². The van der Waals surface area contributed by atoms with Crippen LogP contribution in [0, 0.1) is 17.8 Å². The van der Waals surface area contributed by atoms with Gasteiger partial charge in [0, 0.05) is 51.3 Å². The summed E-state index contributed by atoms with van der Waals surface area (Å²) in [5.41, 5.74) is 0.282. The summed E-state index contributed by atoms with van der Waals surface area (Å²) in [6.07, 6.45) is 1.19. The van der Waals surface area contributed by atoms with Gasteiger partial charge in [0.25, 0.3) is 5.91 Å². The van der Waals surface area contributed by atoms with Gasteiger partial charge in [-0.25, -0.2) is 9.69 Å². The molecule has 1 aromatic rings. The highest BCUT2D eigenvalue weighted by Gasteiger charge is 2.65. The SMILES string of the molecule is CCC1=C2CC[C@H]3C(=O)N(C)C(=O)[C@H]3[C@H]2[C@@](C)(C(=O)NCc2ccccc2)N(C(=O)NCCN2CCOCC2)C1=O. The van der Waals surface area contributed by atoms with Crippen LogP contribution in [0.3, 0.4) is 0 Å². The summed E-state index contributed by atoms with van der Waals surface area (Å²) < 4.78 is 5.39. The van der Waals surface area contributed by atoms with E-state index in [1.807, 2.05) is 37.3 Å². The third kappa shape index (κ3) is 5.05. The molecule has 0 aromatic heterocycles. The van der Waals surface area contributed by atoms with E-state index >= 15 is 0 Å². The summed E-state index contributed by atoms with van der Waals surface area (Å²) in [6, 6.07) is 8.66. The van der Waals surface area contributed by atoms with Gasteiger partial charge in [-0.2, -0.15) is 0 Å². The van der Waals surface area contributed by atoms with Crippen LogP contribution >= 0.6 is 0 Å². The van der Waals surface area contributed by atoms with Crippen LogP contribution in [-0.2, 0) is 30.5 Å². The molecule has 4 atom stereocenters. The van der Waals surface area contributed by atoms with Crippen molar-refractivity contribution in [3.8, 4) is 0 Å². The minimum Gasteiger partial charge on any atom is -0.379 e. The molecule has 1 saturated carbocycles. The zero-order chi connectivity index (χ0) is 29.3. The van der Waals surface area contributed by atoms with Crippen molar-refractivity contribution in [1.29, 1.82) is 0 Å². The minimum atomic E-state index is -1.73. The Hall–Kier alpha value is -3.57. The van der Waals surface area contributed by atoms with E-state index in [0.29, 0.717) is 50.2 Å². The maximum Gasteiger partial charge on any atom is 0.325 e. The number of morpholine rings is 1. The molecule has 11 heteroatoms. The molecular weight excluding hydrogens is 526 g/mol. The van der Waals surface area contributed by atoms with Crippen LogP contribution in [0.5, 0.6) is 0 Å². The van der Waals surface area contributed by atoms with Gasteiger partial charge in [0.15, 0.2) is 0 Å². The van der Waals surface area contributed by atoms with E-state index in [4.69, 9.17) is 4.74 Å². The number of imide groups is 2. The lowest BCUT2D eigenvalue weighted by Crippen LogP contribution is -2.71. The van der Waals surface area contributed by atoms with Crippen molar-refractivity contribution >= 4 is 29.7 Å². The van der Waals surface area contributed by atoms with E-state index in [0.717, 1.165) is 28.5 Å². The van der Waals surface area contributed by atoms with Gasteiger partial charge in [-0.15, -0.1) is 0 Å². The maximum atomic E-state index is 14.2. The predicted molar refractivity (Wildman–Crippen MR) is 149 cm³/mol. The molecule has 3 aliphatic heterocycles. The number of amides is 6. The minimum absolute atomic E-state index is 0.184. The Kier molecular flexibility index (Phi) is 8.28. The Balaban J connectivity index is 1.51. The van der Waals surface area contributed by atoms with Crippen LogP contribution in [0.15, 0.2) is 41.5 Å². The first-order valence-corrected chi connectivity index (χ1v) is 14.5. The van der Waals surface area contributed by atoms with Crippen molar-refractivity contribution in [2.24, 2.45) is 17.8 Å². The molecule has 0 unspecified atom stereocenters. The maximum absolute atomic E-state index is 14.2. The highest BCUT2D eigenvalue weighted by atomic mass is 16.5. The zero-order valence-corrected chi connectivity index (χ0v) is 24.0. The number of ether oxygens (including phenoxy) is 1. The quantitative estimate of drug-likeness (QED) is 0.477. The number of urea groups is 1. The Morgan fingerprint density at radius 3 is 2.44 bits per heavy atom. The Morgan fingerprint density at radius 2 is 1.76 bits per heavy atom. The molecule has 1 aromatic carbocycles. The van der Waals surface area contributed by atoms with Crippen LogP contribution in [0.4, 0.5) is 4.79 Å². The first-order valence-electron chi connectivity index (χ1n) is 14.5. The molecule has 11 nitrogen and oxygen atoms in total. The highest BCUT2D eigenvalue weighted by molar-refractivity contribution is 6.12. The van der Waals surface area contributed by atoms with Crippen molar-refractivity contribution in [2.45, 2.75) is 45.2 Å². The smallest absolute Gasteiger partial charge is 0.325 e. The van der Waals surface area contributed by atoms with Crippen molar-refractivity contribution in [3.05, 3.63) is 47.0 Å². The monoisotopic (exact) mass is 565 g/mol. The highest BCUT2D eigenvalue weighted by Crippen LogP contribution is 2.53. The summed E-state index contributed by atoms with van der Waals surface area (Å²) in [5.74, 6) is -3.95. The first kappa shape index (κ1) is 28.9. The average Bonchev–Trinajstić information content (AvgIpc) is 3.20. The van der Waals surface area contributed by atoms with Crippen molar-refractivity contribution in [3.63, 3.8) is 0 Å². The van der Waals surface area contributed by atoms with E-state index in [2.05, 4.69) is 15.5 Å². The van der Waals surface area contributed by atoms with Gasteiger partial charge < -0.3 is 15.4 Å². The second-order valence-corrected chi connectivity index (χ2v) is 11.4. The van der Waals surface area contributed by atoms with Crippen molar-refractivity contribution in [1.82, 2.24) is 25.3 Å². The van der Waals surface area contributed by atoms with Gasteiger partial charge in [-0.05, 0) is 31.7 Å². The fraction of sp³-hybridized carbons (Fsp3) is 0.567. The standard InChI is InChI=1S/C30H39N5O6/c1-4-20-21-10-11-22-23(27(38)33(3)25(22)36)24(21)30(2,28(39)32-18-19-8-6-5-7-9-19)35(26(20)37)29(40)31-12-13-34-14-16-41-17-15-34/h5-9,22-24H,4,10-18H2,1-3H3,(H,31,40)(H,32,39)/t22-,23-,24+,30+/m1/s1. The normalized spacial score (nSPS) is 28.5. The number of fused-ring (bicyclic) bond motifs is 3. The summed E-state index contributed by atoms with van der Waals surface area (Å²) >= 11 is 0. The molecule has 5 rings (SSSR count). The van der Waals surface area contributed by atoms with E-state index in [1.54, 1.807) is 6.92 Å². The number of nitrogens with one attached hydrogen (secondary N) is 2. The third-order valence-electron chi connectivity index (χ3n) is 9.20. The van der Waals surface area contributed by atoms with Crippen LogP contribution in [-0.4, -0.2) is 96.3 Å². The molecule has 3 fully saturated rings. The average molecular weight is 566 g/mol. The van der Waals surface area contributed by atoms with Crippen LogP contribution in [0.1, 0.15) is 38.7 Å². The number of carbonyl (C=O) groups excluding carboxylic acids is 5. The van der Waals surface area contributed by atoms with Gasteiger partial charge in [-0.3, -0.25) is 29.0 Å². The third-order valence-corrected chi connectivity index (χ3v) is 9.20. The lowest BCUT2D eigenvalue weighted by atomic mass is 9.59. The molecule has 41 heavy (non-hydrogen) atoms. The molecule has 0 radical (unpaired) electrons. The topological polar surface area (TPSA) is 128 Å². The Labute approximate surface area is 240 Å². The molecule has 3 heterocycles. The molecule has 0 bridgehead atoms. The molecule has 4 aliphatic rings. The number of hydrogen-bond acceptors (Lipinski definition) is 7. The molecular formula is C30H39N5O6. The van der Waals surface area contributed by atoms with E-state index < -0.39 is 41.1 Å². The van der Waals surface area contributed by atoms with E-state index in [-0.39, 0.29) is 24.9 Å². The van der Waals surface area contributed by atoms with Crippen molar-refractivity contribution < 1.29 is 28.7 Å². The predicted octanol–water partition coefficient (Wildman–Crippen LogP) is 1.29. The number of benzene rings is 1.